The van der Waals surface area contributed by atoms with Crippen molar-refractivity contribution in [3.63, 3.8) is 0 Å². The number of halogens is 2. The van der Waals surface area contributed by atoms with Crippen LogP contribution in [0.4, 0.5) is 5.69 Å². The SMILES string of the molecule is C[C@@H](Oc1ccc2[nH]nc(/C=C/c3cnn(CCNC(=O)CCCCCNc4ccc5c(c4)C(=O)N(C4CCC(=O)NC4=O)C5=O)c3)c2c1)c1c(Cl)cncc1Cl. The lowest BCUT2D eigenvalue weighted by molar-refractivity contribution is -0.136. The van der Waals surface area contributed by atoms with Crippen molar-refractivity contribution in [2.24, 2.45) is 0 Å². The van der Waals surface area contributed by atoms with E-state index in [1.54, 1.807) is 29.1 Å². The molecule has 294 valence electrons. The first-order valence-electron chi connectivity index (χ1n) is 18.6. The van der Waals surface area contributed by atoms with Crippen molar-refractivity contribution in [3.05, 3.63) is 99.2 Å². The van der Waals surface area contributed by atoms with Crippen molar-refractivity contribution in [3.8, 4) is 5.75 Å². The Balaban J connectivity index is 0.805. The van der Waals surface area contributed by atoms with Gasteiger partial charge in [-0.05, 0) is 74.7 Å². The molecule has 2 atom stereocenters. The summed E-state index contributed by atoms with van der Waals surface area (Å²) < 4.78 is 7.93. The van der Waals surface area contributed by atoms with Gasteiger partial charge in [0.2, 0.25) is 17.7 Å². The first kappa shape index (κ1) is 39.2. The number of benzene rings is 2. The summed E-state index contributed by atoms with van der Waals surface area (Å²) in [5.74, 6) is -1.54. The van der Waals surface area contributed by atoms with E-state index in [2.05, 4.69) is 36.2 Å². The van der Waals surface area contributed by atoms with Crippen LogP contribution in [0, 0.1) is 0 Å². The number of H-pyrrole nitrogens is 1. The van der Waals surface area contributed by atoms with Crippen LogP contribution in [-0.4, -0.2) is 78.5 Å². The number of nitrogens with one attached hydrogen (secondary N) is 4. The van der Waals surface area contributed by atoms with Crippen LogP contribution in [0.15, 0.2) is 61.2 Å². The summed E-state index contributed by atoms with van der Waals surface area (Å²) in [6, 6.07) is 9.57. The molecule has 0 aliphatic carbocycles. The second-order valence-electron chi connectivity index (χ2n) is 13.8. The minimum Gasteiger partial charge on any atom is -0.486 e. The number of unbranched alkanes of at least 4 members (excludes halogenated alkanes) is 2. The van der Waals surface area contributed by atoms with Gasteiger partial charge in [-0.15, -0.1) is 0 Å². The molecular formula is C40H39Cl2N9O6. The molecule has 3 aromatic heterocycles. The second-order valence-corrected chi connectivity index (χ2v) is 14.6. The van der Waals surface area contributed by atoms with Crippen molar-refractivity contribution < 1.29 is 28.7 Å². The first-order chi connectivity index (χ1) is 27.5. The number of imide groups is 2. The van der Waals surface area contributed by atoms with Gasteiger partial charge in [0, 0.05) is 66.7 Å². The highest BCUT2D eigenvalue weighted by molar-refractivity contribution is 6.35. The second kappa shape index (κ2) is 17.4. The number of hydrogen-bond donors (Lipinski definition) is 4. The number of ether oxygens (including phenoxy) is 1. The molecule has 5 aromatic rings. The Kier molecular flexibility index (Phi) is 12.0. The topological polar surface area (TPSA) is 193 Å². The Morgan fingerprint density at radius 3 is 2.60 bits per heavy atom. The minimum absolute atomic E-state index is 0.0345. The van der Waals surface area contributed by atoms with Crippen LogP contribution < -0.4 is 20.7 Å². The molecule has 2 aliphatic heterocycles. The lowest BCUT2D eigenvalue weighted by Crippen LogP contribution is -2.54. The summed E-state index contributed by atoms with van der Waals surface area (Å²) in [7, 11) is 0. The van der Waals surface area contributed by atoms with Crippen molar-refractivity contribution in [2.75, 3.05) is 18.4 Å². The van der Waals surface area contributed by atoms with Crippen LogP contribution in [-0.2, 0) is 20.9 Å². The van der Waals surface area contributed by atoms with Crippen molar-refractivity contribution in [1.29, 1.82) is 0 Å². The maximum Gasteiger partial charge on any atom is 0.262 e. The molecule has 4 N–H and O–H groups in total. The van der Waals surface area contributed by atoms with E-state index in [1.807, 2.05) is 43.5 Å². The average Bonchev–Trinajstić information content (AvgIpc) is 3.88. The van der Waals surface area contributed by atoms with E-state index < -0.39 is 35.8 Å². The van der Waals surface area contributed by atoms with Crippen molar-refractivity contribution in [2.45, 2.75) is 64.1 Å². The normalized spacial score (nSPS) is 16.0. The highest BCUT2D eigenvalue weighted by Gasteiger charge is 2.44. The molecule has 0 bridgehead atoms. The molecule has 15 nitrogen and oxygen atoms in total. The van der Waals surface area contributed by atoms with Crippen LogP contribution in [0.1, 0.15) is 89.1 Å². The summed E-state index contributed by atoms with van der Waals surface area (Å²) in [5.41, 5.74) is 4.27. The van der Waals surface area contributed by atoms with E-state index in [9.17, 15) is 24.0 Å². The fourth-order valence-corrected chi connectivity index (χ4v) is 7.52. The van der Waals surface area contributed by atoms with E-state index in [0.29, 0.717) is 59.5 Å². The molecule has 0 radical (unpaired) electrons. The number of piperidine rings is 1. The molecule has 5 heterocycles. The molecule has 1 unspecified atom stereocenters. The third kappa shape index (κ3) is 9.00. The van der Waals surface area contributed by atoms with Gasteiger partial charge in [0.25, 0.3) is 11.8 Å². The number of nitrogens with zero attached hydrogens (tertiary/aromatic N) is 5. The fourth-order valence-electron chi connectivity index (χ4n) is 6.85. The van der Waals surface area contributed by atoms with Crippen molar-refractivity contribution >= 4 is 81.5 Å². The van der Waals surface area contributed by atoms with Gasteiger partial charge in [0.15, 0.2) is 0 Å². The molecular weight excluding hydrogens is 773 g/mol. The average molecular weight is 813 g/mol. The Labute approximate surface area is 337 Å². The first-order valence-corrected chi connectivity index (χ1v) is 19.3. The number of hydrogen-bond acceptors (Lipinski definition) is 10. The number of carbonyl (C=O) groups is 5. The quantitative estimate of drug-likeness (QED) is 0.0683. The highest BCUT2D eigenvalue weighted by atomic mass is 35.5. The van der Waals surface area contributed by atoms with Crippen LogP contribution in [0.3, 0.4) is 0 Å². The zero-order valence-corrected chi connectivity index (χ0v) is 32.4. The van der Waals surface area contributed by atoms with Crippen LogP contribution in [0.2, 0.25) is 10.0 Å². The number of fused-ring (bicyclic) bond motifs is 2. The molecule has 2 aromatic carbocycles. The minimum atomic E-state index is -1.00. The zero-order chi connectivity index (χ0) is 40.1. The number of pyridine rings is 1. The number of aromatic amines is 1. The van der Waals surface area contributed by atoms with E-state index >= 15 is 0 Å². The number of aromatic nitrogens is 5. The van der Waals surface area contributed by atoms with Gasteiger partial charge < -0.3 is 15.4 Å². The molecule has 2 aliphatic rings. The maximum atomic E-state index is 13.1. The van der Waals surface area contributed by atoms with Crippen LogP contribution in [0.25, 0.3) is 23.1 Å². The largest absolute Gasteiger partial charge is 0.486 e. The molecule has 5 amide bonds. The third-order valence-corrected chi connectivity index (χ3v) is 10.4. The lowest BCUT2D eigenvalue weighted by atomic mass is 10.0. The smallest absolute Gasteiger partial charge is 0.262 e. The Hall–Kier alpha value is -6.06. The van der Waals surface area contributed by atoms with E-state index in [1.165, 1.54) is 12.4 Å². The van der Waals surface area contributed by atoms with Gasteiger partial charge in [0.1, 0.15) is 17.9 Å². The van der Waals surface area contributed by atoms with Crippen LogP contribution >= 0.6 is 23.2 Å². The summed E-state index contributed by atoms with van der Waals surface area (Å²) in [6.45, 7) is 3.43. The molecule has 57 heavy (non-hydrogen) atoms. The van der Waals surface area contributed by atoms with E-state index in [4.69, 9.17) is 27.9 Å². The van der Waals surface area contributed by atoms with E-state index in [-0.39, 0.29) is 29.9 Å². The molecule has 17 heteroatoms. The Morgan fingerprint density at radius 1 is 0.982 bits per heavy atom. The number of carbonyl (C=O) groups excluding carboxylic acids is 5. The fraction of sp³-hybridized carbons (Fsp3) is 0.300. The predicted molar refractivity (Wildman–Crippen MR) is 214 cm³/mol. The van der Waals surface area contributed by atoms with Gasteiger partial charge in [-0.2, -0.15) is 10.2 Å². The molecule has 0 saturated carbocycles. The lowest BCUT2D eigenvalue weighted by Gasteiger charge is -2.27. The summed E-state index contributed by atoms with van der Waals surface area (Å²) in [5, 5.41) is 22.1. The predicted octanol–water partition coefficient (Wildman–Crippen LogP) is 5.96. The van der Waals surface area contributed by atoms with Gasteiger partial charge in [0.05, 0.1) is 45.1 Å². The Morgan fingerprint density at radius 2 is 1.79 bits per heavy atom. The summed E-state index contributed by atoms with van der Waals surface area (Å²) in [6.07, 6.45) is 13.0. The monoisotopic (exact) mass is 811 g/mol. The van der Waals surface area contributed by atoms with Crippen molar-refractivity contribution in [1.82, 2.24) is 40.5 Å². The zero-order valence-electron chi connectivity index (χ0n) is 30.9. The summed E-state index contributed by atoms with van der Waals surface area (Å²) >= 11 is 12.6. The molecule has 0 spiro atoms. The van der Waals surface area contributed by atoms with E-state index in [0.717, 1.165) is 39.9 Å². The summed E-state index contributed by atoms with van der Waals surface area (Å²) in [4.78, 5) is 67.2. The highest BCUT2D eigenvalue weighted by Crippen LogP contribution is 2.34. The van der Waals surface area contributed by atoms with Gasteiger partial charge in [-0.3, -0.25) is 49.0 Å². The van der Waals surface area contributed by atoms with Gasteiger partial charge >= 0.3 is 0 Å². The van der Waals surface area contributed by atoms with Gasteiger partial charge in [-0.1, -0.05) is 29.6 Å². The number of amides is 5. The van der Waals surface area contributed by atoms with Crippen LogP contribution in [0.5, 0.6) is 5.75 Å². The molecule has 1 saturated heterocycles. The Bertz CT molecular complexity index is 2370. The number of rotatable bonds is 16. The number of anilines is 1. The molecule has 7 rings (SSSR count). The maximum absolute atomic E-state index is 13.1. The molecule has 1 fully saturated rings. The van der Waals surface area contributed by atoms with Gasteiger partial charge in [-0.25, -0.2) is 0 Å². The third-order valence-electron chi connectivity index (χ3n) is 9.77. The standard InChI is InChI=1S/C40H39Cl2N9O6/c1-23(37-30(41)20-43-21-31(37)42)57-26-8-11-33-29(18-26)32(48-49-33)10-6-24-19-46-50(22-24)16-15-45-35(52)5-3-2-4-14-44-25-7-9-27-28(17-25)40(56)51(39(27)55)34-12-13-36(53)47-38(34)54/h6-11,17-23,34,44H,2-5,12-16H2,1H3,(H,45,52)(H,48,49)(H,47,53,54)/b10-6+/t23-,34?/m1/s1.